The maximum Gasteiger partial charge on any atom is 0.306 e. The molecule has 1 aliphatic rings. The number of para-hydroxylation sites is 1. The van der Waals surface area contributed by atoms with Crippen molar-refractivity contribution in [3.63, 3.8) is 0 Å². The molecule has 0 bridgehead atoms. The molecular formula is C14H18N2O3. The number of nitrogens with one attached hydrogen (secondary N) is 1. The largest absolute Gasteiger partial charge is 0.481 e. The van der Waals surface area contributed by atoms with Gasteiger partial charge in [0.15, 0.2) is 0 Å². The van der Waals surface area contributed by atoms with Crippen molar-refractivity contribution in [2.45, 2.75) is 31.7 Å². The van der Waals surface area contributed by atoms with Gasteiger partial charge in [0.25, 0.3) is 5.91 Å². The van der Waals surface area contributed by atoms with E-state index >= 15 is 0 Å². The maximum absolute atomic E-state index is 12.0. The van der Waals surface area contributed by atoms with E-state index < -0.39 is 5.97 Å². The van der Waals surface area contributed by atoms with Crippen LogP contribution in [0.4, 0.5) is 5.69 Å². The second-order valence-electron chi connectivity index (χ2n) is 4.95. The molecule has 5 heteroatoms. The monoisotopic (exact) mass is 262 g/mol. The number of hydrogen-bond acceptors (Lipinski definition) is 3. The number of benzene rings is 1. The molecule has 1 aromatic rings. The number of carbonyl (C=O) groups is 2. The number of carbonyl (C=O) groups excluding carboxylic acids is 1. The van der Waals surface area contributed by atoms with Gasteiger partial charge < -0.3 is 16.2 Å². The van der Waals surface area contributed by atoms with E-state index in [1.54, 1.807) is 24.3 Å². The predicted octanol–water partition coefficient (Wildman–Crippen LogP) is 1.64. The van der Waals surface area contributed by atoms with E-state index in [9.17, 15) is 9.59 Å². The molecule has 0 radical (unpaired) electrons. The van der Waals surface area contributed by atoms with Crippen molar-refractivity contribution in [2.24, 2.45) is 5.92 Å². The van der Waals surface area contributed by atoms with Gasteiger partial charge in [0.05, 0.1) is 11.5 Å². The number of hydrogen-bond donors (Lipinski definition) is 3. The van der Waals surface area contributed by atoms with Crippen LogP contribution in [0.5, 0.6) is 0 Å². The highest BCUT2D eigenvalue weighted by molar-refractivity contribution is 5.99. The molecular weight excluding hydrogens is 244 g/mol. The van der Waals surface area contributed by atoms with E-state index in [0.717, 1.165) is 0 Å². The van der Waals surface area contributed by atoms with Gasteiger partial charge in [-0.3, -0.25) is 9.59 Å². The molecule has 19 heavy (non-hydrogen) atoms. The van der Waals surface area contributed by atoms with E-state index in [2.05, 4.69) is 5.32 Å². The smallest absolute Gasteiger partial charge is 0.306 e. The van der Waals surface area contributed by atoms with E-state index in [1.165, 1.54) is 0 Å². The SMILES string of the molecule is Nc1ccccc1C(=O)NC1CCC(C(=O)O)CC1. The third kappa shape index (κ3) is 3.24. The number of aliphatic carboxylic acids is 1. The topological polar surface area (TPSA) is 92.4 Å². The number of nitrogen functional groups attached to an aromatic ring is 1. The Morgan fingerprint density at radius 1 is 1.16 bits per heavy atom. The van der Waals surface area contributed by atoms with Crippen LogP contribution in [-0.4, -0.2) is 23.0 Å². The van der Waals surface area contributed by atoms with Crippen LogP contribution in [0.2, 0.25) is 0 Å². The standard InChI is InChI=1S/C14H18N2O3/c15-12-4-2-1-3-11(12)13(17)16-10-7-5-9(6-8-10)14(18)19/h1-4,9-10H,5-8,15H2,(H,16,17)(H,18,19). The van der Waals surface area contributed by atoms with Crippen molar-refractivity contribution >= 4 is 17.6 Å². The van der Waals surface area contributed by atoms with Crippen molar-refractivity contribution in [1.29, 1.82) is 0 Å². The van der Waals surface area contributed by atoms with Crippen LogP contribution >= 0.6 is 0 Å². The first-order valence-corrected chi connectivity index (χ1v) is 6.46. The number of amides is 1. The van der Waals surface area contributed by atoms with Crippen LogP contribution < -0.4 is 11.1 Å². The molecule has 0 unspecified atom stereocenters. The van der Waals surface area contributed by atoms with Gasteiger partial charge in [-0.1, -0.05) is 12.1 Å². The van der Waals surface area contributed by atoms with Gasteiger partial charge in [-0.2, -0.15) is 0 Å². The molecule has 1 saturated carbocycles. The van der Waals surface area contributed by atoms with Crippen LogP contribution in [-0.2, 0) is 4.79 Å². The summed E-state index contributed by atoms with van der Waals surface area (Å²) in [6.07, 6.45) is 2.64. The number of nitrogens with two attached hydrogens (primary N) is 1. The molecule has 0 atom stereocenters. The third-order valence-corrected chi connectivity index (χ3v) is 3.62. The van der Waals surface area contributed by atoms with Crippen LogP contribution in [0.25, 0.3) is 0 Å². The molecule has 0 heterocycles. The van der Waals surface area contributed by atoms with Gasteiger partial charge in [0.1, 0.15) is 0 Å². The van der Waals surface area contributed by atoms with Gasteiger partial charge in [0.2, 0.25) is 0 Å². The average molecular weight is 262 g/mol. The quantitative estimate of drug-likeness (QED) is 0.722. The molecule has 0 saturated heterocycles. The highest BCUT2D eigenvalue weighted by Gasteiger charge is 2.27. The van der Waals surface area contributed by atoms with E-state index in [1.807, 2.05) is 0 Å². The Hall–Kier alpha value is -2.04. The predicted molar refractivity (Wildman–Crippen MR) is 71.7 cm³/mol. The summed E-state index contributed by atoms with van der Waals surface area (Å²) in [4.78, 5) is 22.9. The van der Waals surface area contributed by atoms with Crippen LogP contribution in [0, 0.1) is 5.92 Å². The van der Waals surface area contributed by atoms with Crippen LogP contribution in [0.1, 0.15) is 36.0 Å². The molecule has 4 N–H and O–H groups in total. The summed E-state index contributed by atoms with van der Waals surface area (Å²) < 4.78 is 0. The summed E-state index contributed by atoms with van der Waals surface area (Å²) in [7, 11) is 0. The van der Waals surface area contributed by atoms with Gasteiger partial charge in [-0.15, -0.1) is 0 Å². The first-order chi connectivity index (χ1) is 9.08. The Morgan fingerprint density at radius 2 is 1.79 bits per heavy atom. The Labute approximate surface area is 111 Å². The zero-order chi connectivity index (χ0) is 13.8. The first kappa shape index (κ1) is 13.4. The average Bonchev–Trinajstić information content (AvgIpc) is 2.39. The minimum Gasteiger partial charge on any atom is -0.481 e. The number of carboxylic acids is 1. The lowest BCUT2D eigenvalue weighted by Gasteiger charge is -2.27. The molecule has 1 fully saturated rings. The molecule has 102 valence electrons. The lowest BCUT2D eigenvalue weighted by Crippen LogP contribution is -2.38. The van der Waals surface area contributed by atoms with Crippen molar-refractivity contribution < 1.29 is 14.7 Å². The summed E-state index contributed by atoms with van der Waals surface area (Å²) in [6, 6.07) is 6.98. The highest BCUT2D eigenvalue weighted by Crippen LogP contribution is 2.24. The fourth-order valence-electron chi connectivity index (χ4n) is 2.45. The summed E-state index contributed by atoms with van der Waals surface area (Å²) in [5, 5.41) is 11.8. The zero-order valence-electron chi connectivity index (χ0n) is 10.6. The lowest BCUT2D eigenvalue weighted by molar-refractivity contribution is -0.142. The van der Waals surface area contributed by atoms with E-state index in [-0.39, 0.29) is 17.9 Å². The van der Waals surface area contributed by atoms with Crippen molar-refractivity contribution in [3.8, 4) is 0 Å². The maximum atomic E-state index is 12.0. The fourth-order valence-corrected chi connectivity index (χ4v) is 2.45. The van der Waals surface area contributed by atoms with Crippen molar-refractivity contribution in [2.75, 3.05) is 5.73 Å². The Morgan fingerprint density at radius 3 is 2.37 bits per heavy atom. The van der Waals surface area contributed by atoms with Gasteiger partial charge in [0, 0.05) is 11.7 Å². The second-order valence-corrected chi connectivity index (χ2v) is 4.95. The first-order valence-electron chi connectivity index (χ1n) is 6.46. The highest BCUT2D eigenvalue weighted by atomic mass is 16.4. The zero-order valence-corrected chi connectivity index (χ0v) is 10.6. The Balaban J connectivity index is 1.91. The summed E-state index contributed by atoms with van der Waals surface area (Å²) in [5.74, 6) is -1.19. The van der Waals surface area contributed by atoms with Crippen molar-refractivity contribution in [1.82, 2.24) is 5.32 Å². The van der Waals surface area contributed by atoms with E-state index in [4.69, 9.17) is 10.8 Å². The molecule has 0 aromatic heterocycles. The fraction of sp³-hybridized carbons (Fsp3) is 0.429. The van der Waals surface area contributed by atoms with Gasteiger partial charge in [-0.25, -0.2) is 0 Å². The molecule has 5 nitrogen and oxygen atoms in total. The molecule has 2 rings (SSSR count). The van der Waals surface area contributed by atoms with Gasteiger partial charge >= 0.3 is 5.97 Å². The number of anilines is 1. The lowest BCUT2D eigenvalue weighted by atomic mass is 9.86. The van der Waals surface area contributed by atoms with Gasteiger partial charge in [-0.05, 0) is 37.8 Å². The summed E-state index contributed by atoms with van der Waals surface area (Å²) >= 11 is 0. The molecule has 1 aliphatic carbocycles. The second kappa shape index (κ2) is 5.73. The molecule has 1 aromatic carbocycles. The minimum absolute atomic E-state index is 0.0442. The molecule has 0 spiro atoms. The minimum atomic E-state index is -0.739. The summed E-state index contributed by atoms with van der Waals surface area (Å²) in [5.41, 5.74) is 6.68. The summed E-state index contributed by atoms with van der Waals surface area (Å²) in [6.45, 7) is 0. The van der Waals surface area contributed by atoms with Crippen LogP contribution in [0.3, 0.4) is 0 Å². The number of rotatable bonds is 3. The normalized spacial score (nSPS) is 22.7. The van der Waals surface area contributed by atoms with E-state index in [0.29, 0.717) is 36.9 Å². The Kier molecular flexibility index (Phi) is 4.04. The molecule has 1 amide bonds. The number of carboxylic acid groups (broad SMARTS) is 1. The Bertz CT molecular complexity index is 479. The van der Waals surface area contributed by atoms with Crippen molar-refractivity contribution in [3.05, 3.63) is 29.8 Å². The third-order valence-electron chi connectivity index (χ3n) is 3.62. The molecule has 0 aliphatic heterocycles. The van der Waals surface area contributed by atoms with Crippen LogP contribution in [0.15, 0.2) is 24.3 Å².